The van der Waals surface area contributed by atoms with Gasteiger partial charge in [0, 0.05) is 13.1 Å². The van der Waals surface area contributed by atoms with Crippen LogP contribution in [0, 0.1) is 0 Å². The Morgan fingerprint density at radius 1 is 1.37 bits per heavy atom. The number of ether oxygens (including phenoxy) is 1. The summed E-state index contributed by atoms with van der Waals surface area (Å²) in [6.45, 7) is 1.37. The molecule has 2 unspecified atom stereocenters. The summed E-state index contributed by atoms with van der Waals surface area (Å²) in [4.78, 5) is 10.7. The molecular formula is C14H19NO4. The number of hydrogen-bond donors (Lipinski definition) is 3. The number of carboxylic acids is 1. The Morgan fingerprint density at radius 3 is 2.84 bits per heavy atom. The van der Waals surface area contributed by atoms with E-state index in [0.717, 1.165) is 17.5 Å². The van der Waals surface area contributed by atoms with Gasteiger partial charge >= 0.3 is 5.97 Å². The molecule has 0 amide bonds. The summed E-state index contributed by atoms with van der Waals surface area (Å²) in [5, 5.41) is 21.1. The van der Waals surface area contributed by atoms with Gasteiger partial charge in [0.2, 0.25) is 0 Å². The van der Waals surface area contributed by atoms with E-state index in [4.69, 9.17) is 14.9 Å². The average molecular weight is 265 g/mol. The molecule has 0 bridgehead atoms. The largest absolute Gasteiger partial charge is 0.479 e. The van der Waals surface area contributed by atoms with Crippen molar-refractivity contribution >= 4 is 5.97 Å². The highest BCUT2D eigenvalue weighted by molar-refractivity contribution is 5.72. The first-order valence-electron chi connectivity index (χ1n) is 6.46. The van der Waals surface area contributed by atoms with Gasteiger partial charge in [-0.05, 0) is 24.0 Å². The Morgan fingerprint density at radius 2 is 2.16 bits per heavy atom. The van der Waals surface area contributed by atoms with Crippen molar-refractivity contribution in [2.45, 2.75) is 38.2 Å². The molecular weight excluding hydrogens is 246 g/mol. The standard InChI is InChI=1S/C14H19NO4/c16-9-11-3-1-2-10(6-11)7-15-8-12-4-5-13(19-12)14(17)18/h1-3,6,12-13,15-16H,4-5,7-9H2,(H,17,18). The van der Waals surface area contributed by atoms with Crippen LogP contribution in [0.4, 0.5) is 0 Å². The predicted molar refractivity (Wildman–Crippen MR) is 69.6 cm³/mol. The topological polar surface area (TPSA) is 78.8 Å². The minimum atomic E-state index is -0.877. The van der Waals surface area contributed by atoms with Crippen LogP contribution in [0.3, 0.4) is 0 Å². The Kier molecular flexibility index (Phi) is 4.90. The number of rotatable bonds is 6. The summed E-state index contributed by atoms with van der Waals surface area (Å²) in [6.07, 6.45) is 0.689. The zero-order chi connectivity index (χ0) is 13.7. The van der Waals surface area contributed by atoms with Crippen molar-refractivity contribution in [2.75, 3.05) is 6.54 Å². The van der Waals surface area contributed by atoms with E-state index in [2.05, 4.69) is 5.32 Å². The van der Waals surface area contributed by atoms with Crippen molar-refractivity contribution in [2.24, 2.45) is 0 Å². The van der Waals surface area contributed by atoms with Gasteiger partial charge in [-0.25, -0.2) is 4.79 Å². The molecule has 0 spiro atoms. The number of aliphatic hydroxyl groups is 1. The van der Waals surface area contributed by atoms with Crippen LogP contribution in [0.25, 0.3) is 0 Å². The second-order valence-corrected chi connectivity index (χ2v) is 4.77. The van der Waals surface area contributed by atoms with Crippen LogP contribution in [0.2, 0.25) is 0 Å². The molecule has 0 radical (unpaired) electrons. The van der Waals surface area contributed by atoms with Gasteiger partial charge in [0.25, 0.3) is 0 Å². The molecule has 3 N–H and O–H groups in total. The molecule has 0 saturated carbocycles. The van der Waals surface area contributed by atoms with Crippen molar-refractivity contribution in [3.63, 3.8) is 0 Å². The van der Waals surface area contributed by atoms with Crippen molar-refractivity contribution in [1.29, 1.82) is 0 Å². The van der Waals surface area contributed by atoms with E-state index in [1.807, 2.05) is 24.3 Å². The molecule has 1 aliphatic rings. The maximum Gasteiger partial charge on any atom is 0.332 e. The highest BCUT2D eigenvalue weighted by Crippen LogP contribution is 2.19. The average Bonchev–Trinajstić information content (AvgIpc) is 2.88. The number of aliphatic carboxylic acids is 1. The molecule has 1 aromatic carbocycles. The Labute approximate surface area is 112 Å². The van der Waals surface area contributed by atoms with Crippen molar-refractivity contribution in [3.05, 3.63) is 35.4 Å². The van der Waals surface area contributed by atoms with Crippen LogP contribution in [0.15, 0.2) is 24.3 Å². The molecule has 1 saturated heterocycles. The molecule has 0 aliphatic carbocycles. The fourth-order valence-electron chi connectivity index (χ4n) is 2.25. The van der Waals surface area contributed by atoms with Gasteiger partial charge in [-0.1, -0.05) is 24.3 Å². The van der Waals surface area contributed by atoms with Gasteiger partial charge in [-0.2, -0.15) is 0 Å². The first kappa shape index (κ1) is 14.0. The third-order valence-electron chi connectivity index (χ3n) is 3.26. The number of carboxylic acid groups (broad SMARTS) is 1. The summed E-state index contributed by atoms with van der Waals surface area (Å²) < 4.78 is 5.40. The molecule has 2 atom stereocenters. The van der Waals surface area contributed by atoms with E-state index in [1.54, 1.807) is 0 Å². The van der Waals surface area contributed by atoms with E-state index in [9.17, 15) is 4.79 Å². The van der Waals surface area contributed by atoms with Gasteiger partial charge in [0.1, 0.15) is 0 Å². The van der Waals surface area contributed by atoms with Crippen LogP contribution < -0.4 is 5.32 Å². The zero-order valence-corrected chi connectivity index (χ0v) is 10.7. The molecule has 0 aromatic heterocycles. The third-order valence-corrected chi connectivity index (χ3v) is 3.26. The van der Waals surface area contributed by atoms with E-state index in [1.165, 1.54) is 0 Å². The molecule has 1 aromatic rings. The van der Waals surface area contributed by atoms with E-state index < -0.39 is 12.1 Å². The van der Waals surface area contributed by atoms with Crippen LogP contribution in [-0.4, -0.2) is 34.9 Å². The highest BCUT2D eigenvalue weighted by atomic mass is 16.5. The van der Waals surface area contributed by atoms with Crippen LogP contribution in [0.5, 0.6) is 0 Å². The van der Waals surface area contributed by atoms with Crippen molar-refractivity contribution < 1.29 is 19.7 Å². The monoisotopic (exact) mass is 265 g/mol. The van der Waals surface area contributed by atoms with E-state index in [-0.39, 0.29) is 12.7 Å². The third kappa shape index (κ3) is 4.02. The molecule has 5 nitrogen and oxygen atoms in total. The molecule has 5 heteroatoms. The van der Waals surface area contributed by atoms with Gasteiger partial charge < -0.3 is 20.3 Å². The SMILES string of the molecule is O=C(O)C1CCC(CNCc2cccc(CO)c2)O1. The summed E-state index contributed by atoms with van der Waals surface area (Å²) in [6, 6.07) is 7.72. The van der Waals surface area contributed by atoms with Crippen molar-refractivity contribution in [3.8, 4) is 0 Å². The van der Waals surface area contributed by atoms with Gasteiger partial charge in [0.15, 0.2) is 6.10 Å². The second-order valence-electron chi connectivity index (χ2n) is 4.77. The molecule has 104 valence electrons. The van der Waals surface area contributed by atoms with Crippen LogP contribution in [-0.2, 0) is 22.7 Å². The minimum Gasteiger partial charge on any atom is -0.479 e. The molecule has 2 rings (SSSR count). The maximum absolute atomic E-state index is 10.7. The van der Waals surface area contributed by atoms with E-state index in [0.29, 0.717) is 19.5 Å². The first-order valence-corrected chi connectivity index (χ1v) is 6.46. The first-order chi connectivity index (χ1) is 9.19. The molecule has 1 aliphatic heterocycles. The Hall–Kier alpha value is -1.43. The highest BCUT2D eigenvalue weighted by Gasteiger charge is 2.29. The van der Waals surface area contributed by atoms with Crippen LogP contribution in [0.1, 0.15) is 24.0 Å². The van der Waals surface area contributed by atoms with Gasteiger partial charge in [-0.15, -0.1) is 0 Å². The molecule has 19 heavy (non-hydrogen) atoms. The summed E-state index contributed by atoms with van der Waals surface area (Å²) in [5.74, 6) is -0.877. The Balaban J connectivity index is 1.73. The van der Waals surface area contributed by atoms with Crippen molar-refractivity contribution in [1.82, 2.24) is 5.32 Å². The Bertz CT molecular complexity index is 435. The number of hydrogen-bond acceptors (Lipinski definition) is 4. The second kappa shape index (κ2) is 6.65. The smallest absolute Gasteiger partial charge is 0.332 e. The minimum absolute atomic E-state index is 0.0258. The lowest BCUT2D eigenvalue weighted by Gasteiger charge is -2.12. The fourth-order valence-corrected chi connectivity index (χ4v) is 2.25. The summed E-state index contributed by atoms with van der Waals surface area (Å²) in [5.41, 5.74) is 1.99. The number of nitrogens with one attached hydrogen (secondary N) is 1. The number of benzene rings is 1. The lowest BCUT2D eigenvalue weighted by atomic mass is 10.1. The predicted octanol–water partition coefficient (Wildman–Crippen LogP) is 0.901. The lowest BCUT2D eigenvalue weighted by Crippen LogP contribution is -2.28. The molecule has 1 heterocycles. The van der Waals surface area contributed by atoms with Gasteiger partial charge in [-0.3, -0.25) is 0 Å². The summed E-state index contributed by atoms with van der Waals surface area (Å²) >= 11 is 0. The normalized spacial score (nSPS) is 22.6. The maximum atomic E-state index is 10.7. The summed E-state index contributed by atoms with van der Waals surface area (Å²) in [7, 11) is 0. The lowest BCUT2D eigenvalue weighted by molar-refractivity contribution is -0.149. The quantitative estimate of drug-likeness (QED) is 0.712. The van der Waals surface area contributed by atoms with Crippen LogP contribution >= 0.6 is 0 Å². The zero-order valence-electron chi connectivity index (χ0n) is 10.7. The number of aliphatic hydroxyl groups excluding tert-OH is 1. The fraction of sp³-hybridized carbons (Fsp3) is 0.500. The number of carbonyl (C=O) groups is 1. The molecule has 1 fully saturated rings. The van der Waals surface area contributed by atoms with Gasteiger partial charge in [0.05, 0.1) is 12.7 Å². The van der Waals surface area contributed by atoms with E-state index >= 15 is 0 Å².